The molecule has 0 aliphatic carbocycles. The van der Waals surface area contributed by atoms with Gasteiger partial charge in [0, 0.05) is 32.7 Å². The van der Waals surface area contributed by atoms with Crippen LogP contribution in [-0.4, -0.2) is 64.0 Å². The number of carbonyl (C=O) groups excluding carboxylic acids is 1. The number of sulfonamides is 1. The summed E-state index contributed by atoms with van der Waals surface area (Å²) in [4.78, 5) is 17.0. The van der Waals surface area contributed by atoms with E-state index < -0.39 is 10.0 Å². The smallest absolute Gasteiger partial charge is 0.318 e. The van der Waals surface area contributed by atoms with Gasteiger partial charge in [-0.2, -0.15) is 0 Å². The summed E-state index contributed by atoms with van der Waals surface area (Å²) in [7, 11) is -1.54. The zero-order chi connectivity index (χ0) is 20.9. The Kier molecular flexibility index (Phi) is 6.89. The number of amides is 2. The molecule has 1 saturated heterocycles. The van der Waals surface area contributed by atoms with Crippen molar-refractivity contribution in [1.29, 1.82) is 0 Å². The number of piperazine rings is 1. The fraction of sp³-hybridized carbons (Fsp3) is 0.381. The Morgan fingerprint density at radius 3 is 2.41 bits per heavy atom. The van der Waals surface area contributed by atoms with E-state index in [-0.39, 0.29) is 30.1 Å². The highest BCUT2D eigenvalue weighted by atomic mass is 32.2. The Morgan fingerprint density at radius 2 is 1.72 bits per heavy atom. The Bertz CT molecular complexity index is 917. The molecule has 1 atom stereocenters. The monoisotopic (exact) mass is 416 g/mol. The molecule has 0 aromatic heterocycles. The first-order valence-electron chi connectivity index (χ1n) is 9.71. The van der Waals surface area contributed by atoms with Crippen molar-refractivity contribution in [2.45, 2.75) is 17.9 Å². The summed E-state index contributed by atoms with van der Waals surface area (Å²) in [5.41, 5.74) is 2.09. The summed E-state index contributed by atoms with van der Waals surface area (Å²) in [5, 5.41) is 2.84. The lowest BCUT2D eigenvalue weighted by Gasteiger charge is -2.40. The van der Waals surface area contributed by atoms with E-state index in [1.807, 2.05) is 49.2 Å². The zero-order valence-corrected chi connectivity index (χ0v) is 17.7. The van der Waals surface area contributed by atoms with Crippen LogP contribution in [0.4, 0.5) is 4.79 Å². The van der Waals surface area contributed by atoms with E-state index >= 15 is 0 Å². The lowest BCUT2D eigenvalue weighted by Crippen LogP contribution is -2.53. The number of nitrogens with zero attached hydrogens (tertiary/aromatic N) is 2. The lowest BCUT2D eigenvalue weighted by molar-refractivity contribution is 0.109. The molecule has 2 N–H and O–H groups in total. The first-order valence-corrected chi connectivity index (χ1v) is 11.2. The van der Waals surface area contributed by atoms with Gasteiger partial charge < -0.3 is 15.1 Å². The van der Waals surface area contributed by atoms with Crippen LogP contribution in [0.1, 0.15) is 17.2 Å². The predicted octanol–water partition coefficient (Wildman–Crippen LogP) is 1.97. The van der Waals surface area contributed by atoms with Crippen LogP contribution >= 0.6 is 0 Å². The first kappa shape index (κ1) is 21.3. The molecule has 156 valence electrons. The van der Waals surface area contributed by atoms with Crippen LogP contribution in [0.25, 0.3) is 0 Å². The molecular formula is C21H28N4O3S. The maximum atomic E-state index is 12.7. The SMILES string of the molecule is Cc1ccc(S(=O)(=O)NCCNC(=O)N2CCN(C)C[C@H]2c2ccccc2)cc1. The van der Waals surface area contributed by atoms with Crippen molar-refractivity contribution in [1.82, 2.24) is 19.8 Å². The summed E-state index contributed by atoms with van der Waals surface area (Å²) < 4.78 is 27.2. The molecule has 0 spiro atoms. The van der Waals surface area contributed by atoms with Crippen LogP contribution in [0.2, 0.25) is 0 Å². The summed E-state index contributed by atoms with van der Waals surface area (Å²) in [6, 6.07) is 16.4. The molecule has 2 aromatic carbocycles. The number of urea groups is 1. The standard InChI is InChI=1S/C21H28N4O3S/c1-17-8-10-19(11-9-17)29(27,28)23-13-12-22-21(26)25-15-14-24(2)16-20(25)18-6-4-3-5-7-18/h3-11,20,23H,12-16H2,1-2H3,(H,22,26)/t20-/m0/s1. The summed E-state index contributed by atoms with van der Waals surface area (Å²) in [5.74, 6) is 0. The summed E-state index contributed by atoms with van der Waals surface area (Å²) in [6.07, 6.45) is 0. The summed E-state index contributed by atoms with van der Waals surface area (Å²) in [6.45, 7) is 4.44. The number of carbonyl (C=O) groups is 1. The third-order valence-electron chi connectivity index (χ3n) is 5.05. The number of likely N-dealkylation sites (N-methyl/N-ethyl adjacent to an activating group) is 1. The van der Waals surface area contributed by atoms with Crippen LogP contribution in [0.3, 0.4) is 0 Å². The minimum absolute atomic E-state index is 0.0285. The minimum atomic E-state index is -3.58. The van der Waals surface area contributed by atoms with Crippen molar-refractivity contribution in [3.63, 3.8) is 0 Å². The van der Waals surface area contributed by atoms with Gasteiger partial charge in [-0.3, -0.25) is 0 Å². The third-order valence-corrected chi connectivity index (χ3v) is 6.53. The number of rotatable bonds is 6. The number of benzene rings is 2. The van der Waals surface area contributed by atoms with Crippen molar-refractivity contribution in [3.05, 3.63) is 65.7 Å². The second-order valence-corrected chi connectivity index (χ2v) is 9.09. The van der Waals surface area contributed by atoms with Gasteiger partial charge in [0.05, 0.1) is 10.9 Å². The van der Waals surface area contributed by atoms with E-state index in [1.165, 1.54) is 0 Å². The molecule has 29 heavy (non-hydrogen) atoms. The summed E-state index contributed by atoms with van der Waals surface area (Å²) >= 11 is 0. The van der Waals surface area contributed by atoms with E-state index in [0.29, 0.717) is 6.54 Å². The lowest BCUT2D eigenvalue weighted by atomic mass is 10.0. The zero-order valence-electron chi connectivity index (χ0n) is 16.8. The van der Waals surface area contributed by atoms with Crippen LogP contribution in [0.15, 0.2) is 59.5 Å². The average Bonchev–Trinajstić information content (AvgIpc) is 2.72. The molecule has 0 radical (unpaired) electrons. The normalized spacial score (nSPS) is 17.9. The highest BCUT2D eigenvalue weighted by Crippen LogP contribution is 2.24. The van der Waals surface area contributed by atoms with Crippen LogP contribution in [0.5, 0.6) is 0 Å². The molecule has 2 aromatic rings. The average molecular weight is 417 g/mol. The topological polar surface area (TPSA) is 81.8 Å². The van der Waals surface area contributed by atoms with Crippen LogP contribution in [-0.2, 0) is 10.0 Å². The first-order chi connectivity index (χ1) is 13.9. The Labute approximate surface area is 172 Å². The molecule has 0 saturated carbocycles. The number of nitrogens with one attached hydrogen (secondary N) is 2. The maximum absolute atomic E-state index is 12.7. The van der Waals surface area contributed by atoms with Crippen molar-refractivity contribution >= 4 is 16.1 Å². The number of hydrogen-bond donors (Lipinski definition) is 2. The molecule has 7 nitrogen and oxygen atoms in total. The van der Waals surface area contributed by atoms with Crippen molar-refractivity contribution in [2.75, 3.05) is 39.8 Å². The van der Waals surface area contributed by atoms with Gasteiger partial charge in [-0.15, -0.1) is 0 Å². The molecule has 8 heteroatoms. The van der Waals surface area contributed by atoms with Gasteiger partial charge in [0.1, 0.15) is 0 Å². The fourth-order valence-corrected chi connectivity index (χ4v) is 4.41. The fourth-order valence-electron chi connectivity index (χ4n) is 3.38. The van der Waals surface area contributed by atoms with Crippen molar-refractivity contribution in [3.8, 4) is 0 Å². The molecule has 2 amide bonds. The predicted molar refractivity (Wildman–Crippen MR) is 113 cm³/mol. The second-order valence-electron chi connectivity index (χ2n) is 7.32. The van der Waals surface area contributed by atoms with Gasteiger partial charge in [0.15, 0.2) is 0 Å². The molecule has 1 fully saturated rings. The van der Waals surface area contributed by atoms with E-state index in [1.54, 1.807) is 24.3 Å². The Balaban J connectivity index is 1.55. The van der Waals surface area contributed by atoms with Gasteiger partial charge in [0.2, 0.25) is 10.0 Å². The maximum Gasteiger partial charge on any atom is 0.318 e. The van der Waals surface area contributed by atoms with E-state index in [2.05, 4.69) is 14.9 Å². The molecular weight excluding hydrogens is 388 g/mol. The van der Waals surface area contributed by atoms with Gasteiger partial charge in [-0.05, 0) is 31.7 Å². The quantitative estimate of drug-likeness (QED) is 0.706. The molecule has 1 aliphatic heterocycles. The van der Waals surface area contributed by atoms with Crippen LogP contribution in [0, 0.1) is 6.92 Å². The van der Waals surface area contributed by atoms with Crippen LogP contribution < -0.4 is 10.0 Å². The Hall–Kier alpha value is -2.42. The molecule has 0 unspecified atom stereocenters. The van der Waals surface area contributed by atoms with Gasteiger partial charge in [0.25, 0.3) is 0 Å². The third kappa shape index (κ3) is 5.56. The van der Waals surface area contributed by atoms with Crippen molar-refractivity contribution in [2.24, 2.45) is 0 Å². The van der Waals surface area contributed by atoms with Gasteiger partial charge in [-0.25, -0.2) is 17.9 Å². The Morgan fingerprint density at radius 1 is 1.03 bits per heavy atom. The largest absolute Gasteiger partial charge is 0.337 e. The van der Waals surface area contributed by atoms with E-state index in [0.717, 1.165) is 24.2 Å². The van der Waals surface area contributed by atoms with E-state index in [9.17, 15) is 13.2 Å². The minimum Gasteiger partial charge on any atom is -0.337 e. The van der Waals surface area contributed by atoms with Gasteiger partial charge >= 0.3 is 6.03 Å². The number of aryl methyl sites for hydroxylation is 1. The molecule has 3 rings (SSSR count). The van der Waals surface area contributed by atoms with Crippen molar-refractivity contribution < 1.29 is 13.2 Å². The highest BCUT2D eigenvalue weighted by Gasteiger charge is 2.30. The molecule has 1 heterocycles. The van der Waals surface area contributed by atoms with Gasteiger partial charge in [-0.1, -0.05) is 48.0 Å². The molecule has 1 aliphatic rings. The molecule has 0 bridgehead atoms. The highest BCUT2D eigenvalue weighted by molar-refractivity contribution is 7.89. The number of hydrogen-bond acceptors (Lipinski definition) is 4. The second kappa shape index (κ2) is 9.39. The van der Waals surface area contributed by atoms with E-state index in [4.69, 9.17) is 0 Å².